The Kier molecular flexibility index (Phi) is 6.91. The smallest absolute Gasteiger partial charge is 0.195 e. The number of nitrogens with zero attached hydrogens (tertiary/aromatic N) is 6. The van der Waals surface area contributed by atoms with Gasteiger partial charge < -0.3 is 9.13 Å². The van der Waals surface area contributed by atoms with Crippen LogP contribution in [0.1, 0.15) is 16.7 Å². The highest BCUT2D eigenvalue weighted by atomic mass is 15.0. The highest BCUT2D eigenvalue weighted by Crippen LogP contribution is 2.46. The fraction of sp³-hybridized carbons (Fsp3) is 0. The summed E-state index contributed by atoms with van der Waals surface area (Å²) in [5, 5.41) is 35.1. The van der Waals surface area contributed by atoms with Gasteiger partial charge in [-0.2, -0.15) is 15.8 Å². The molecule has 0 spiro atoms. The first kappa shape index (κ1) is 30.2. The van der Waals surface area contributed by atoms with E-state index in [-0.39, 0.29) is 0 Å². The summed E-state index contributed by atoms with van der Waals surface area (Å²) in [4.78, 5) is 3.95. The molecule has 0 atom stereocenters. The van der Waals surface area contributed by atoms with Crippen LogP contribution in [-0.2, 0) is 0 Å². The first-order valence-corrected chi connectivity index (χ1v) is 16.7. The second kappa shape index (κ2) is 11.9. The van der Waals surface area contributed by atoms with E-state index in [0.29, 0.717) is 44.6 Å². The van der Waals surface area contributed by atoms with Crippen LogP contribution >= 0.6 is 0 Å². The van der Waals surface area contributed by atoms with Gasteiger partial charge in [0.1, 0.15) is 0 Å². The number of hydrogen-bond acceptors (Lipinski definition) is 3. The molecule has 9 rings (SSSR count). The van der Waals surface area contributed by atoms with Crippen LogP contribution in [0.2, 0.25) is 0 Å². The lowest BCUT2D eigenvalue weighted by Gasteiger charge is -2.20. The van der Waals surface area contributed by atoms with Crippen LogP contribution in [0.5, 0.6) is 0 Å². The van der Waals surface area contributed by atoms with E-state index in [9.17, 15) is 15.8 Å². The molecule has 2 heterocycles. The monoisotopic (exact) mass is 660 g/mol. The van der Waals surface area contributed by atoms with Crippen molar-refractivity contribution in [2.24, 2.45) is 0 Å². The maximum atomic E-state index is 10.6. The lowest BCUT2D eigenvalue weighted by molar-refractivity contribution is 1.18. The van der Waals surface area contributed by atoms with E-state index in [0.717, 1.165) is 55.0 Å². The number of fused-ring (bicyclic) bond motifs is 6. The summed E-state index contributed by atoms with van der Waals surface area (Å²) in [5.41, 5.74) is 9.75. The molecule has 0 N–H and O–H groups in total. The molecule has 0 radical (unpaired) electrons. The van der Waals surface area contributed by atoms with Gasteiger partial charge in [0.2, 0.25) is 0 Å². The Labute approximate surface area is 298 Å². The van der Waals surface area contributed by atoms with Gasteiger partial charge >= 0.3 is 0 Å². The molecular formula is C46H24N6. The van der Waals surface area contributed by atoms with E-state index in [1.807, 2.05) is 103 Å². The quantitative estimate of drug-likeness (QED) is 0.176. The Morgan fingerprint density at radius 3 is 1.67 bits per heavy atom. The normalized spacial score (nSPS) is 11.0. The summed E-state index contributed by atoms with van der Waals surface area (Å²) in [5.74, 6) is 0. The molecule has 9 aromatic rings. The van der Waals surface area contributed by atoms with Crippen molar-refractivity contribution in [2.45, 2.75) is 0 Å². The third kappa shape index (κ3) is 4.40. The van der Waals surface area contributed by atoms with Crippen LogP contribution in [0.3, 0.4) is 0 Å². The molecule has 238 valence electrons. The number of rotatable bonds is 4. The fourth-order valence-corrected chi connectivity index (χ4v) is 7.71. The first-order valence-electron chi connectivity index (χ1n) is 16.7. The number of hydrogen-bond donors (Lipinski definition) is 0. The Morgan fingerprint density at radius 2 is 1.04 bits per heavy atom. The van der Waals surface area contributed by atoms with Crippen LogP contribution < -0.4 is 0 Å². The lowest BCUT2D eigenvalue weighted by Crippen LogP contribution is -2.02. The van der Waals surface area contributed by atoms with Crippen molar-refractivity contribution in [3.63, 3.8) is 0 Å². The summed E-state index contributed by atoms with van der Waals surface area (Å²) in [7, 11) is 0. The Hall–Kier alpha value is -7.90. The van der Waals surface area contributed by atoms with Crippen molar-refractivity contribution < 1.29 is 0 Å². The van der Waals surface area contributed by atoms with E-state index < -0.39 is 0 Å². The average Bonchev–Trinajstić information content (AvgIpc) is 3.72. The molecule has 2 aromatic heterocycles. The minimum absolute atomic E-state index is 0.382. The standard InChI is InChI=1S/C46H24N6/c1-50-39-22-21-32(51-40-16-5-4-14-35(40)37-24-29(26-47)20-23-43(37)51)25-38(39)45-30(27-48)10-8-15-36(45)46-31(28-49)11-9-19-44(46)52-41-17-6-2-12-33(41)34-13-3-7-18-42(34)52/h2-25H. The van der Waals surface area contributed by atoms with Crippen molar-refractivity contribution in [2.75, 3.05) is 0 Å². The van der Waals surface area contributed by atoms with Gasteiger partial charge in [0, 0.05) is 32.8 Å². The van der Waals surface area contributed by atoms with Crippen molar-refractivity contribution in [1.29, 1.82) is 15.8 Å². The summed E-state index contributed by atoms with van der Waals surface area (Å²) in [6.45, 7) is 8.25. The van der Waals surface area contributed by atoms with Crippen LogP contribution in [0.15, 0.2) is 146 Å². The maximum Gasteiger partial charge on any atom is 0.195 e. The third-order valence-corrected chi connectivity index (χ3v) is 9.87. The molecular weight excluding hydrogens is 637 g/mol. The molecule has 52 heavy (non-hydrogen) atoms. The van der Waals surface area contributed by atoms with Gasteiger partial charge in [-0.05, 0) is 83.4 Å². The minimum Gasteiger partial charge on any atom is -0.309 e. The molecule has 0 fully saturated rings. The summed E-state index contributed by atoms with van der Waals surface area (Å²) in [6.07, 6.45) is 0. The zero-order chi connectivity index (χ0) is 35.3. The van der Waals surface area contributed by atoms with Gasteiger partial charge in [-0.3, -0.25) is 0 Å². The highest BCUT2D eigenvalue weighted by molar-refractivity contribution is 6.11. The summed E-state index contributed by atoms with van der Waals surface area (Å²) in [6, 6.07) is 54.2. The van der Waals surface area contributed by atoms with Crippen molar-refractivity contribution in [3.8, 4) is 51.8 Å². The number of benzene rings is 7. The van der Waals surface area contributed by atoms with Gasteiger partial charge in [-0.15, -0.1) is 0 Å². The first-order chi connectivity index (χ1) is 25.6. The van der Waals surface area contributed by atoms with Crippen molar-refractivity contribution in [3.05, 3.63) is 174 Å². The molecule has 6 heteroatoms. The van der Waals surface area contributed by atoms with Gasteiger partial charge in [-0.25, -0.2) is 4.85 Å². The van der Waals surface area contributed by atoms with E-state index in [1.165, 1.54) is 0 Å². The molecule has 0 amide bonds. The van der Waals surface area contributed by atoms with Gasteiger partial charge in [-0.1, -0.05) is 78.9 Å². The van der Waals surface area contributed by atoms with Gasteiger partial charge in [0.25, 0.3) is 0 Å². The highest BCUT2D eigenvalue weighted by Gasteiger charge is 2.24. The van der Waals surface area contributed by atoms with E-state index >= 15 is 0 Å². The van der Waals surface area contributed by atoms with E-state index in [1.54, 1.807) is 18.2 Å². The summed E-state index contributed by atoms with van der Waals surface area (Å²) < 4.78 is 4.31. The van der Waals surface area contributed by atoms with Crippen LogP contribution in [-0.4, -0.2) is 9.13 Å². The minimum atomic E-state index is 0.382. The molecule has 0 saturated carbocycles. The topological polar surface area (TPSA) is 85.6 Å². The Bertz CT molecular complexity index is 3080. The fourth-order valence-electron chi connectivity index (χ4n) is 7.71. The second-order valence-electron chi connectivity index (χ2n) is 12.5. The molecule has 0 unspecified atom stereocenters. The SMILES string of the molecule is [C-]#[N+]c1ccc(-n2c3ccccc3c3cc(C#N)ccc32)cc1-c1c(C#N)cccc1-c1c(C#N)cccc1-n1c2ccccc2c2ccccc21. The summed E-state index contributed by atoms with van der Waals surface area (Å²) >= 11 is 0. The van der Waals surface area contributed by atoms with Crippen LogP contribution in [0.25, 0.3) is 82.1 Å². The molecule has 0 aliphatic heterocycles. The third-order valence-electron chi connectivity index (χ3n) is 9.87. The number of aromatic nitrogens is 2. The maximum absolute atomic E-state index is 10.6. The predicted molar refractivity (Wildman–Crippen MR) is 206 cm³/mol. The zero-order valence-corrected chi connectivity index (χ0v) is 27.5. The molecule has 0 aliphatic rings. The van der Waals surface area contributed by atoms with Crippen LogP contribution in [0.4, 0.5) is 5.69 Å². The second-order valence-corrected chi connectivity index (χ2v) is 12.5. The largest absolute Gasteiger partial charge is 0.309 e. The number of nitriles is 3. The number of para-hydroxylation sites is 3. The predicted octanol–water partition coefficient (Wildman–Crippen LogP) is 11.4. The average molecular weight is 661 g/mol. The molecule has 6 nitrogen and oxygen atoms in total. The van der Waals surface area contributed by atoms with Gasteiger partial charge in [0.05, 0.1) is 69.2 Å². The van der Waals surface area contributed by atoms with E-state index in [4.69, 9.17) is 6.57 Å². The van der Waals surface area contributed by atoms with E-state index in [2.05, 4.69) is 56.5 Å². The zero-order valence-electron chi connectivity index (χ0n) is 27.5. The molecule has 0 bridgehead atoms. The molecule has 7 aromatic carbocycles. The Morgan fingerprint density at radius 1 is 0.462 bits per heavy atom. The lowest BCUT2D eigenvalue weighted by atomic mass is 9.87. The molecule has 0 aliphatic carbocycles. The molecule has 0 saturated heterocycles. The van der Waals surface area contributed by atoms with Gasteiger partial charge in [0.15, 0.2) is 5.69 Å². The Balaban J connectivity index is 1.37. The van der Waals surface area contributed by atoms with Crippen LogP contribution in [0, 0.1) is 40.6 Å². The van der Waals surface area contributed by atoms with Crippen molar-refractivity contribution in [1.82, 2.24) is 9.13 Å². The van der Waals surface area contributed by atoms with Crippen molar-refractivity contribution >= 4 is 49.3 Å².